The Kier molecular flexibility index (Phi) is 6.44. The number of benzene rings is 2. The molecule has 0 saturated heterocycles. The van der Waals surface area contributed by atoms with Gasteiger partial charge in [-0.25, -0.2) is 9.48 Å². The lowest BCUT2D eigenvalue weighted by Crippen LogP contribution is -2.12. The normalized spacial score (nSPS) is 11.3. The number of hydrogen-bond donors (Lipinski definition) is 1. The molecule has 4 rings (SSSR count). The summed E-state index contributed by atoms with van der Waals surface area (Å²) in [4.78, 5) is 27.6. The van der Waals surface area contributed by atoms with E-state index in [9.17, 15) is 9.59 Å². The van der Waals surface area contributed by atoms with E-state index in [-0.39, 0.29) is 12.4 Å². The number of ether oxygens (including phenoxy) is 1. The fraction of sp³-hybridized carbons (Fsp3) is 0.125. The largest absolute Gasteiger partial charge is 0.454 e. The van der Waals surface area contributed by atoms with Gasteiger partial charge in [0.15, 0.2) is 6.61 Å². The minimum absolute atomic E-state index is 0.286. The Morgan fingerprint density at radius 3 is 2.69 bits per heavy atom. The third-order valence-corrected chi connectivity index (χ3v) is 5.78. The monoisotopic (exact) mass is 467 g/mol. The first-order valence-corrected chi connectivity index (χ1v) is 10.6. The standard InChI is InChI=1S/C24H19Cl2N3O3/c1-15-17(24(26)29(28-15)13-16-6-2-4-8-20(16)25)10-11-23(31)32-14-22(30)19-12-27-21-9-5-3-7-18(19)21/h2-12,27H,13-14H2,1H3. The van der Waals surface area contributed by atoms with E-state index in [1.165, 1.54) is 12.2 Å². The molecule has 2 aromatic heterocycles. The quantitative estimate of drug-likeness (QED) is 0.222. The van der Waals surface area contributed by atoms with Crippen LogP contribution in [0.1, 0.15) is 27.2 Å². The summed E-state index contributed by atoms with van der Waals surface area (Å²) >= 11 is 12.7. The van der Waals surface area contributed by atoms with Crippen molar-refractivity contribution in [3.05, 3.63) is 93.4 Å². The number of aromatic amines is 1. The summed E-state index contributed by atoms with van der Waals surface area (Å²) in [5.74, 6) is -0.932. The number of aryl methyl sites for hydroxylation is 1. The lowest BCUT2D eigenvalue weighted by Gasteiger charge is -2.05. The van der Waals surface area contributed by atoms with Crippen molar-refractivity contribution in [3.63, 3.8) is 0 Å². The molecule has 0 unspecified atom stereocenters. The summed E-state index contributed by atoms with van der Waals surface area (Å²) in [5.41, 5.74) is 3.46. The van der Waals surface area contributed by atoms with Gasteiger partial charge < -0.3 is 9.72 Å². The fourth-order valence-corrected chi connectivity index (χ4v) is 3.86. The number of esters is 1. The molecule has 162 valence electrons. The highest BCUT2D eigenvalue weighted by Crippen LogP contribution is 2.24. The number of H-pyrrole nitrogens is 1. The molecular weight excluding hydrogens is 449 g/mol. The van der Waals surface area contributed by atoms with Crippen molar-refractivity contribution >= 4 is 51.9 Å². The average molecular weight is 468 g/mol. The van der Waals surface area contributed by atoms with Gasteiger partial charge in [0, 0.05) is 39.3 Å². The van der Waals surface area contributed by atoms with Gasteiger partial charge >= 0.3 is 5.97 Å². The van der Waals surface area contributed by atoms with E-state index in [0.717, 1.165) is 16.5 Å². The third-order valence-electron chi connectivity index (χ3n) is 5.01. The van der Waals surface area contributed by atoms with Crippen LogP contribution in [0.15, 0.2) is 60.8 Å². The van der Waals surface area contributed by atoms with Crippen molar-refractivity contribution in [2.45, 2.75) is 13.5 Å². The van der Waals surface area contributed by atoms with Crippen molar-refractivity contribution in [2.24, 2.45) is 0 Å². The van der Waals surface area contributed by atoms with Gasteiger partial charge in [0.25, 0.3) is 0 Å². The van der Waals surface area contributed by atoms with Crippen LogP contribution in [-0.4, -0.2) is 33.1 Å². The topological polar surface area (TPSA) is 77.0 Å². The van der Waals surface area contributed by atoms with E-state index < -0.39 is 5.97 Å². The zero-order valence-corrected chi connectivity index (χ0v) is 18.7. The number of Topliss-reactive ketones (excluding diaryl/α,β-unsaturated/α-hetero) is 1. The number of aromatic nitrogens is 3. The zero-order valence-electron chi connectivity index (χ0n) is 17.1. The third kappa shape index (κ3) is 4.61. The van der Waals surface area contributed by atoms with Crippen molar-refractivity contribution in [1.82, 2.24) is 14.8 Å². The second kappa shape index (κ2) is 9.42. The van der Waals surface area contributed by atoms with Gasteiger partial charge in [-0.3, -0.25) is 4.79 Å². The van der Waals surface area contributed by atoms with Crippen molar-refractivity contribution in [1.29, 1.82) is 0 Å². The molecule has 1 N–H and O–H groups in total. The van der Waals surface area contributed by atoms with Crippen LogP contribution in [0.3, 0.4) is 0 Å². The molecule has 32 heavy (non-hydrogen) atoms. The maximum Gasteiger partial charge on any atom is 0.331 e. The number of carbonyl (C=O) groups excluding carboxylic acids is 2. The Morgan fingerprint density at radius 2 is 1.88 bits per heavy atom. The Morgan fingerprint density at radius 1 is 1.12 bits per heavy atom. The van der Waals surface area contributed by atoms with Crippen molar-refractivity contribution < 1.29 is 14.3 Å². The molecule has 0 spiro atoms. The number of ketones is 1. The second-order valence-corrected chi connectivity index (χ2v) is 7.92. The molecule has 4 aromatic rings. The summed E-state index contributed by atoms with van der Waals surface area (Å²) in [5, 5.41) is 6.21. The predicted molar refractivity (Wildman–Crippen MR) is 125 cm³/mol. The summed E-state index contributed by atoms with van der Waals surface area (Å²) in [6.45, 7) is 1.83. The number of hydrogen-bond acceptors (Lipinski definition) is 4. The Bertz CT molecular complexity index is 1340. The lowest BCUT2D eigenvalue weighted by molar-refractivity contribution is -0.136. The molecular formula is C24H19Cl2N3O3. The van der Waals surface area contributed by atoms with Gasteiger partial charge in [0.05, 0.1) is 12.2 Å². The smallest absolute Gasteiger partial charge is 0.331 e. The van der Waals surface area contributed by atoms with Crippen LogP contribution in [0.4, 0.5) is 0 Å². The van der Waals surface area contributed by atoms with E-state index >= 15 is 0 Å². The Balaban J connectivity index is 1.41. The molecule has 0 aliphatic carbocycles. The lowest BCUT2D eigenvalue weighted by atomic mass is 10.1. The molecule has 0 aliphatic rings. The van der Waals surface area contributed by atoms with Crippen LogP contribution in [0.5, 0.6) is 0 Å². The maximum atomic E-state index is 12.4. The minimum atomic E-state index is -0.646. The van der Waals surface area contributed by atoms with E-state index in [4.69, 9.17) is 27.9 Å². The van der Waals surface area contributed by atoms with Crippen LogP contribution < -0.4 is 0 Å². The van der Waals surface area contributed by atoms with Crippen molar-refractivity contribution in [3.8, 4) is 0 Å². The molecule has 0 radical (unpaired) electrons. The highest BCUT2D eigenvalue weighted by Gasteiger charge is 2.15. The molecule has 0 bridgehead atoms. The maximum absolute atomic E-state index is 12.4. The molecule has 0 fully saturated rings. The van der Waals surface area contributed by atoms with E-state index in [1.54, 1.807) is 23.9 Å². The van der Waals surface area contributed by atoms with Crippen LogP contribution in [-0.2, 0) is 16.1 Å². The highest BCUT2D eigenvalue weighted by atomic mass is 35.5. The summed E-state index contributed by atoms with van der Waals surface area (Å²) in [6.07, 6.45) is 4.39. The number of fused-ring (bicyclic) bond motifs is 1. The second-order valence-electron chi connectivity index (χ2n) is 7.15. The molecule has 0 saturated carbocycles. The van der Waals surface area contributed by atoms with Crippen molar-refractivity contribution in [2.75, 3.05) is 6.61 Å². The van der Waals surface area contributed by atoms with E-state index in [2.05, 4.69) is 10.1 Å². The SMILES string of the molecule is Cc1nn(Cc2ccccc2Cl)c(Cl)c1C=CC(=O)OCC(=O)c1c[nH]c2ccccc12. The molecule has 8 heteroatoms. The minimum Gasteiger partial charge on any atom is -0.454 e. The number of carbonyl (C=O) groups is 2. The van der Waals surface area contributed by atoms with Gasteiger partial charge in [-0.15, -0.1) is 0 Å². The number of nitrogens with one attached hydrogen (secondary N) is 1. The summed E-state index contributed by atoms with van der Waals surface area (Å²) in [7, 11) is 0. The molecule has 2 heterocycles. The zero-order chi connectivity index (χ0) is 22.7. The predicted octanol–water partition coefficient (Wildman–Crippen LogP) is 5.47. The first-order valence-electron chi connectivity index (χ1n) is 9.84. The van der Waals surface area contributed by atoms with E-state index in [0.29, 0.717) is 33.5 Å². The number of nitrogens with zero attached hydrogens (tertiary/aromatic N) is 2. The van der Waals surface area contributed by atoms with Gasteiger partial charge in [0.1, 0.15) is 5.15 Å². The first-order chi connectivity index (χ1) is 15.4. The molecule has 0 amide bonds. The number of rotatable bonds is 7. The van der Waals surface area contributed by atoms with Crippen LogP contribution in [0.2, 0.25) is 10.2 Å². The van der Waals surface area contributed by atoms with Gasteiger partial charge in [-0.05, 0) is 30.7 Å². The average Bonchev–Trinajstić information content (AvgIpc) is 3.33. The summed E-state index contributed by atoms with van der Waals surface area (Å²) < 4.78 is 6.73. The van der Waals surface area contributed by atoms with E-state index in [1.807, 2.05) is 42.5 Å². The molecule has 6 nitrogen and oxygen atoms in total. The Hall–Kier alpha value is -3.35. The van der Waals surface area contributed by atoms with Crippen LogP contribution in [0.25, 0.3) is 17.0 Å². The van der Waals surface area contributed by atoms with Gasteiger partial charge in [0.2, 0.25) is 5.78 Å². The number of halogens is 2. The molecule has 0 atom stereocenters. The number of para-hydroxylation sites is 1. The fourth-order valence-electron chi connectivity index (χ4n) is 3.37. The van der Waals surface area contributed by atoms with Crippen LogP contribution >= 0.6 is 23.2 Å². The molecule has 2 aromatic carbocycles. The highest BCUT2D eigenvalue weighted by molar-refractivity contribution is 6.32. The molecule has 0 aliphatic heterocycles. The van der Waals surface area contributed by atoms with Gasteiger partial charge in [-0.1, -0.05) is 59.6 Å². The van der Waals surface area contributed by atoms with Gasteiger partial charge in [-0.2, -0.15) is 5.10 Å². The first kappa shape index (κ1) is 21.9. The van der Waals surface area contributed by atoms with Crippen LogP contribution in [0, 0.1) is 6.92 Å². The summed E-state index contributed by atoms with van der Waals surface area (Å²) in [6, 6.07) is 14.9. The Labute approximate surface area is 194 Å².